The molecule has 12 heteroatoms. The van der Waals surface area contributed by atoms with Gasteiger partial charge in [-0.15, -0.1) is 0 Å². The largest absolute Gasteiger partial charge is 0.471 e. The molecule has 2 atom stereocenters. The minimum Gasteiger partial charge on any atom is -0.444 e. The summed E-state index contributed by atoms with van der Waals surface area (Å²) in [6.45, 7) is 6.59. The average Bonchev–Trinajstić information content (AvgIpc) is 3.32. The van der Waals surface area contributed by atoms with Crippen molar-refractivity contribution < 1.29 is 27.2 Å². The number of hydrogen-bond donors (Lipinski definition) is 0. The number of thiazole rings is 1. The number of halogens is 3. The van der Waals surface area contributed by atoms with Crippen LogP contribution in [0.5, 0.6) is 0 Å². The van der Waals surface area contributed by atoms with Gasteiger partial charge in [0.05, 0.1) is 23.2 Å². The fraction of sp³-hybridized carbons (Fsp3) is 0.625. The van der Waals surface area contributed by atoms with E-state index in [1.165, 1.54) is 17.5 Å². The van der Waals surface area contributed by atoms with Gasteiger partial charge in [-0.2, -0.15) is 18.2 Å². The number of piperazine rings is 1. The van der Waals surface area contributed by atoms with Gasteiger partial charge in [-0.05, 0) is 27.2 Å². The Morgan fingerprint density at radius 2 is 2.04 bits per heavy atom. The number of likely N-dealkylation sites (tertiary alicyclic amines) is 1. The summed E-state index contributed by atoms with van der Waals surface area (Å²) < 4.78 is 47.6. The predicted octanol–water partition coefficient (Wildman–Crippen LogP) is 3.41. The number of carbonyl (C=O) groups is 1. The van der Waals surface area contributed by atoms with Crippen LogP contribution in [-0.4, -0.2) is 56.9 Å². The molecule has 2 saturated heterocycles. The van der Waals surface area contributed by atoms with E-state index in [0.29, 0.717) is 23.1 Å². The highest BCUT2D eigenvalue weighted by atomic mass is 32.1. The molecule has 8 nitrogen and oxygen atoms in total. The predicted molar refractivity (Wildman–Crippen MR) is 92.9 cm³/mol. The molecule has 0 aliphatic carbocycles. The van der Waals surface area contributed by atoms with Gasteiger partial charge < -0.3 is 19.1 Å². The first-order valence-electron chi connectivity index (χ1n) is 8.64. The lowest BCUT2D eigenvalue weighted by atomic mass is 10.2. The monoisotopic (exact) mass is 417 g/mol. The van der Waals surface area contributed by atoms with Gasteiger partial charge in [-0.25, -0.2) is 9.78 Å². The summed E-state index contributed by atoms with van der Waals surface area (Å²) in [6.07, 6.45) is -2.78. The summed E-state index contributed by atoms with van der Waals surface area (Å²) in [5.41, 5.74) is -0.553. The van der Waals surface area contributed by atoms with Crippen LogP contribution in [0.2, 0.25) is 0 Å². The smallest absolute Gasteiger partial charge is 0.444 e. The van der Waals surface area contributed by atoms with Crippen LogP contribution in [0.25, 0.3) is 10.7 Å². The van der Waals surface area contributed by atoms with E-state index in [0.717, 1.165) is 6.42 Å². The van der Waals surface area contributed by atoms with Gasteiger partial charge in [0, 0.05) is 13.1 Å². The molecule has 2 aromatic heterocycles. The van der Waals surface area contributed by atoms with Crippen molar-refractivity contribution >= 4 is 22.6 Å². The number of nitrogens with zero attached hydrogens (tertiary/aromatic N) is 5. The molecule has 2 fully saturated rings. The SMILES string of the molecule is CC(C)(C)OC(=O)N1CC2CC1CN2c1ncc(-c2noc(C(F)(F)F)n2)s1. The minimum atomic E-state index is -4.68. The molecule has 28 heavy (non-hydrogen) atoms. The molecular formula is C16H18F3N5O3S. The van der Waals surface area contributed by atoms with E-state index in [1.54, 1.807) is 4.90 Å². The van der Waals surface area contributed by atoms with E-state index in [1.807, 2.05) is 20.8 Å². The Labute approximate surface area is 162 Å². The number of alkyl halides is 3. The number of rotatable bonds is 2. The van der Waals surface area contributed by atoms with Gasteiger partial charge in [0.2, 0.25) is 5.82 Å². The Balaban J connectivity index is 1.44. The van der Waals surface area contributed by atoms with E-state index in [9.17, 15) is 18.0 Å². The van der Waals surface area contributed by atoms with Crippen LogP contribution in [0.15, 0.2) is 10.7 Å². The topological polar surface area (TPSA) is 84.6 Å². The molecule has 4 rings (SSSR count). The second-order valence-corrected chi connectivity index (χ2v) is 8.77. The van der Waals surface area contributed by atoms with Crippen molar-refractivity contribution in [2.75, 3.05) is 18.0 Å². The number of ether oxygens (including phenoxy) is 1. The summed E-state index contributed by atoms with van der Waals surface area (Å²) >= 11 is 1.19. The normalized spacial score (nSPS) is 22.2. The first-order chi connectivity index (χ1) is 13.0. The third-order valence-electron chi connectivity index (χ3n) is 4.50. The fourth-order valence-electron chi connectivity index (χ4n) is 3.39. The van der Waals surface area contributed by atoms with E-state index >= 15 is 0 Å². The van der Waals surface area contributed by atoms with Crippen LogP contribution < -0.4 is 4.90 Å². The van der Waals surface area contributed by atoms with Crippen LogP contribution in [0.1, 0.15) is 33.1 Å². The molecule has 0 spiro atoms. The van der Waals surface area contributed by atoms with E-state index < -0.39 is 17.7 Å². The third-order valence-corrected chi connectivity index (χ3v) is 5.53. The number of aromatic nitrogens is 3. The van der Waals surface area contributed by atoms with Gasteiger partial charge in [-0.1, -0.05) is 16.5 Å². The molecule has 4 heterocycles. The van der Waals surface area contributed by atoms with Crippen LogP contribution in [0, 0.1) is 0 Å². The Bertz CT molecular complexity index is 891. The molecule has 0 N–H and O–H groups in total. The van der Waals surface area contributed by atoms with Crippen molar-refractivity contribution in [3.63, 3.8) is 0 Å². The highest BCUT2D eigenvalue weighted by Gasteiger charge is 2.47. The van der Waals surface area contributed by atoms with Gasteiger partial charge in [0.1, 0.15) is 5.60 Å². The van der Waals surface area contributed by atoms with Crippen LogP contribution in [0.4, 0.5) is 23.1 Å². The molecule has 0 saturated carbocycles. The molecule has 1 amide bonds. The lowest BCUT2D eigenvalue weighted by molar-refractivity contribution is -0.159. The van der Waals surface area contributed by atoms with Crippen molar-refractivity contribution in [3.05, 3.63) is 12.1 Å². The zero-order valence-electron chi connectivity index (χ0n) is 15.4. The molecule has 2 aliphatic rings. The van der Waals surface area contributed by atoms with Crippen molar-refractivity contribution in [2.24, 2.45) is 0 Å². The second kappa shape index (κ2) is 6.33. The Hall–Kier alpha value is -2.37. The van der Waals surface area contributed by atoms with Gasteiger partial charge in [0.15, 0.2) is 5.13 Å². The maximum atomic E-state index is 12.6. The Kier molecular flexibility index (Phi) is 4.28. The maximum Gasteiger partial charge on any atom is 0.471 e. The second-order valence-electron chi connectivity index (χ2n) is 7.76. The highest BCUT2D eigenvalue weighted by Crippen LogP contribution is 2.39. The molecule has 0 radical (unpaired) electrons. The van der Waals surface area contributed by atoms with E-state index in [4.69, 9.17) is 4.74 Å². The maximum absolute atomic E-state index is 12.6. The lowest BCUT2D eigenvalue weighted by Gasteiger charge is -2.35. The lowest BCUT2D eigenvalue weighted by Crippen LogP contribution is -2.50. The Morgan fingerprint density at radius 3 is 2.61 bits per heavy atom. The molecule has 2 bridgehead atoms. The van der Waals surface area contributed by atoms with E-state index in [-0.39, 0.29) is 24.0 Å². The summed E-state index contributed by atoms with van der Waals surface area (Å²) in [6, 6.07) is 0.113. The zero-order chi connectivity index (χ0) is 20.3. The van der Waals surface area contributed by atoms with Crippen LogP contribution in [-0.2, 0) is 10.9 Å². The van der Waals surface area contributed by atoms with Crippen LogP contribution >= 0.6 is 11.3 Å². The number of amides is 1. The van der Waals surface area contributed by atoms with Gasteiger partial charge in [-0.3, -0.25) is 0 Å². The molecular weight excluding hydrogens is 399 g/mol. The van der Waals surface area contributed by atoms with Crippen molar-refractivity contribution in [1.82, 2.24) is 20.0 Å². The summed E-state index contributed by atoms with van der Waals surface area (Å²) in [7, 11) is 0. The molecule has 2 aliphatic heterocycles. The van der Waals surface area contributed by atoms with Crippen molar-refractivity contribution in [1.29, 1.82) is 0 Å². The standard InChI is InChI=1S/C16H18F3N5O3S/c1-15(2,3)26-14(25)24-7-8-4-9(24)6-23(8)13-20-5-10(28-13)11-21-12(27-22-11)16(17,18)19/h5,8-9H,4,6-7H2,1-3H3. The number of fused-ring (bicyclic) bond motifs is 2. The zero-order valence-corrected chi connectivity index (χ0v) is 16.2. The molecule has 2 aromatic rings. The third kappa shape index (κ3) is 3.52. The van der Waals surface area contributed by atoms with Crippen molar-refractivity contribution in [3.8, 4) is 10.7 Å². The van der Waals surface area contributed by atoms with E-state index in [2.05, 4.69) is 24.5 Å². The van der Waals surface area contributed by atoms with Crippen LogP contribution in [0.3, 0.4) is 0 Å². The summed E-state index contributed by atoms with van der Waals surface area (Å²) in [5, 5.41) is 4.04. The quantitative estimate of drug-likeness (QED) is 0.740. The molecule has 2 unspecified atom stereocenters. The highest BCUT2D eigenvalue weighted by molar-refractivity contribution is 7.18. The first-order valence-corrected chi connectivity index (χ1v) is 9.46. The molecule has 0 aromatic carbocycles. The minimum absolute atomic E-state index is 0.0224. The fourth-order valence-corrected chi connectivity index (χ4v) is 4.31. The first kappa shape index (κ1) is 19.0. The summed E-state index contributed by atoms with van der Waals surface area (Å²) in [4.78, 5) is 24.2. The summed E-state index contributed by atoms with van der Waals surface area (Å²) in [5.74, 6) is -1.53. The van der Waals surface area contributed by atoms with Crippen molar-refractivity contribution in [2.45, 2.75) is 51.1 Å². The van der Waals surface area contributed by atoms with Gasteiger partial charge in [0.25, 0.3) is 0 Å². The number of hydrogen-bond acceptors (Lipinski definition) is 8. The number of anilines is 1. The average molecular weight is 417 g/mol. The Morgan fingerprint density at radius 1 is 1.29 bits per heavy atom. The number of carbonyl (C=O) groups excluding carboxylic acids is 1. The van der Waals surface area contributed by atoms with Gasteiger partial charge >= 0.3 is 18.2 Å². The molecule has 152 valence electrons.